The van der Waals surface area contributed by atoms with Crippen LogP contribution in [-0.4, -0.2) is 16.3 Å². The van der Waals surface area contributed by atoms with Gasteiger partial charge in [-0.1, -0.05) is 0 Å². The van der Waals surface area contributed by atoms with Crippen LogP contribution in [0, 0.1) is 0 Å². The van der Waals surface area contributed by atoms with Crippen molar-refractivity contribution in [2.24, 2.45) is 0 Å². The molecule has 1 nitrogen and oxygen atoms in total. The zero-order chi connectivity index (χ0) is 25.2. The molecule has 0 spiro atoms. The van der Waals surface area contributed by atoms with Crippen LogP contribution in [0.1, 0.15) is 46.1 Å². The Morgan fingerprint density at radius 2 is 1.31 bits per heavy atom. The van der Waals surface area contributed by atoms with Gasteiger partial charge in [-0.3, -0.25) is 0 Å². The number of rotatable bonds is 7. The van der Waals surface area contributed by atoms with Crippen molar-refractivity contribution in [3.63, 3.8) is 0 Å². The van der Waals surface area contributed by atoms with Gasteiger partial charge in [-0.2, -0.15) is 0 Å². The average molecular weight is 630 g/mol. The summed E-state index contributed by atoms with van der Waals surface area (Å²) in [7, 11) is 0. The fourth-order valence-corrected chi connectivity index (χ4v) is 15.2. The van der Waals surface area contributed by atoms with Crippen LogP contribution in [0.5, 0.6) is 0 Å². The molecule has 1 atom stereocenters. The van der Waals surface area contributed by atoms with Gasteiger partial charge in [0.1, 0.15) is 0 Å². The number of fused-ring (bicyclic) bond motifs is 3. The number of allylic oxidation sites excluding steroid dienone is 4. The molecule has 2 aliphatic rings. The van der Waals surface area contributed by atoms with E-state index in [1.165, 1.54) is 39.1 Å². The minimum Gasteiger partial charge on any atom is -1.00 e. The van der Waals surface area contributed by atoms with Gasteiger partial charge in [0.25, 0.3) is 0 Å². The summed E-state index contributed by atoms with van der Waals surface area (Å²) in [4.78, 5) is 2.52. The largest absolute Gasteiger partial charge is 1.00 e. The summed E-state index contributed by atoms with van der Waals surface area (Å²) in [6.45, 7) is 6.58. The van der Waals surface area contributed by atoms with Gasteiger partial charge in [0.15, 0.2) is 0 Å². The molecular weight excluding hydrogens is 597 g/mol. The quantitative estimate of drug-likeness (QED) is 0.304. The summed E-state index contributed by atoms with van der Waals surface area (Å²) in [6.07, 6.45) is 8.19. The first-order valence-corrected chi connectivity index (χ1v) is 17.4. The van der Waals surface area contributed by atoms with E-state index in [-0.39, 0.29) is 24.8 Å². The van der Waals surface area contributed by atoms with Crippen molar-refractivity contribution in [3.8, 4) is 11.1 Å². The van der Waals surface area contributed by atoms with Crippen molar-refractivity contribution in [1.82, 2.24) is 0 Å². The average Bonchev–Trinajstić information content (AvgIpc) is 3.61. The van der Waals surface area contributed by atoms with E-state index in [4.69, 9.17) is 0 Å². The Kier molecular flexibility index (Phi) is 10.0. The zero-order valence-electron chi connectivity index (χ0n) is 22.4. The minimum atomic E-state index is -2.58. The van der Waals surface area contributed by atoms with E-state index < -0.39 is 21.3 Å². The third kappa shape index (κ3) is 5.45. The topological polar surface area (TPSA) is 3.24 Å². The molecule has 0 aliphatic heterocycles. The first-order valence-electron chi connectivity index (χ1n) is 13.5. The van der Waals surface area contributed by atoms with E-state index >= 15 is 0 Å². The van der Waals surface area contributed by atoms with Crippen LogP contribution in [0.3, 0.4) is 0 Å². The number of anilines is 1. The second-order valence-corrected chi connectivity index (χ2v) is 16.0. The van der Waals surface area contributed by atoms with E-state index in [2.05, 4.69) is 140 Å². The third-order valence-corrected chi connectivity index (χ3v) is 16.1. The van der Waals surface area contributed by atoms with Gasteiger partial charge in [0, 0.05) is 0 Å². The molecular formula is C35H33Cl2NZr. The van der Waals surface area contributed by atoms with E-state index in [9.17, 15) is 0 Å². The molecule has 196 valence electrons. The van der Waals surface area contributed by atoms with Crippen LogP contribution in [0.4, 0.5) is 5.69 Å². The van der Waals surface area contributed by atoms with Crippen molar-refractivity contribution in [1.29, 1.82) is 0 Å². The monoisotopic (exact) mass is 627 g/mol. The van der Waals surface area contributed by atoms with Crippen LogP contribution in [-0.2, 0) is 21.3 Å². The molecule has 0 aromatic heterocycles. The van der Waals surface area contributed by atoms with E-state index in [0.29, 0.717) is 3.63 Å². The molecule has 0 N–H and O–H groups in total. The molecule has 6 rings (SSSR count). The maximum absolute atomic E-state index is 2.58. The molecule has 39 heavy (non-hydrogen) atoms. The number of halogens is 2. The van der Waals surface area contributed by atoms with E-state index in [0.717, 1.165) is 19.5 Å². The van der Waals surface area contributed by atoms with Crippen molar-refractivity contribution in [2.75, 3.05) is 18.0 Å². The Morgan fingerprint density at radius 3 is 1.90 bits per heavy atom. The van der Waals surface area contributed by atoms with Crippen molar-refractivity contribution < 1.29 is 46.1 Å². The Hall–Kier alpha value is -2.51. The molecule has 4 aromatic carbocycles. The van der Waals surface area contributed by atoms with Crippen molar-refractivity contribution in [2.45, 2.75) is 23.9 Å². The molecule has 2 aliphatic carbocycles. The van der Waals surface area contributed by atoms with Gasteiger partial charge < -0.3 is 24.8 Å². The summed E-state index contributed by atoms with van der Waals surface area (Å²) in [5.41, 5.74) is 10.1. The van der Waals surface area contributed by atoms with Crippen LogP contribution >= 0.6 is 0 Å². The Labute approximate surface area is 253 Å². The summed E-state index contributed by atoms with van der Waals surface area (Å²) < 4.78 is 3.75. The molecule has 0 fully saturated rings. The third-order valence-electron chi connectivity index (χ3n) is 7.83. The van der Waals surface area contributed by atoms with E-state index in [1.54, 1.807) is 6.49 Å². The molecule has 0 radical (unpaired) electrons. The van der Waals surface area contributed by atoms with Crippen molar-refractivity contribution >= 4 is 8.89 Å². The Bertz CT molecular complexity index is 1480. The number of benzene rings is 4. The summed E-state index contributed by atoms with van der Waals surface area (Å²) in [5, 5.41) is 0. The molecule has 4 aromatic rings. The SMILES string of the molecule is CCN(CC)c1cccc2c1-c1ccccc1[CH]2[Zr+2]([C]1=CC=CC1)=[C](c1ccccc1)c1ccccc1.[Cl-].[Cl-]. The second-order valence-electron chi connectivity index (χ2n) is 9.78. The number of hydrogen-bond acceptors (Lipinski definition) is 1. The van der Waals surface area contributed by atoms with Crippen LogP contribution in [0.25, 0.3) is 11.1 Å². The van der Waals surface area contributed by atoms with Gasteiger partial charge in [-0.15, -0.1) is 0 Å². The summed E-state index contributed by atoms with van der Waals surface area (Å²) in [6, 6.07) is 38.8. The molecule has 0 amide bonds. The predicted octanol–water partition coefficient (Wildman–Crippen LogP) is 2.34. The van der Waals surface area contributed by atoms with Gasteiger partial charge in [-0.05, 0) is 0 Å². The minimum absolute atomic E-state index is 0. The maximum Gasteiger partial charge on any atom is -1.00 e. The van der Waals surface area contributed by atoms with Gasteiger partial charge in [0.05, 0.1) is 0 Å². The molecule has 0 saturated carbocycles. The van der Waals surface area contributed by atoms with Crippen LogP contribution in [0.2, 0.25) is 0 Å². The second kappa shape index (κ2) is 13.2. The summed E-state index contributed by atoms with van der Waals surface area (Å²) in [5.74, 6) is 0. The standard InChI is InChI=1S/C17H18N.C13H10.C5H5.2ClH.Zr/c1-3-18(4-2)16-11-7-9-14-12-13-8-5-6-10-15(13)17(14)16;1-3-7-12(8-4-1)11-13-9-5-2-6-10-13;1-2-4-5-3-1;;;/h5-12H,3-4H2,1-2H3;1-10H;1-3H,4H2;2*1H;/q;;;;;+2/p-2. The maximum atomic E-state index is 2.52. The predicted molar refractivity (Wildman–Crippen MR) is 155 cm³/mol. The molecule has 0 saturated heterocycles. The molecule has 1 unspecified atom stereocenters. The summed E-state index contributed by atoms with van der Waals surface area (Å²) >= 11 is -2.58. The van der Waals surface area contributed by atoms with Crippen LogP contribution in [0.15, 0.2) is 125 Å². The Balaban J connectivity index is 0.00000176. The fraction of sp³-hybridized carbons (Fsp3) is 0.171. The zero-order valence-corrected chi connectivity index (χ0v) is 26.4. The molecule has 0 bridgehead atoms. The van der Waals surface area contributed by atoms with Crippen molar-refractivity contribution in [3.05, 3.63) is 147 Å². The number of hydrogen-bond donors (Lipinski definition) is 0. The smallest absolute Gasteiger partial charge is 1.00 e. The van der Waals surface area contributed by atoms with Gasteiger partial charge in [-0.25, -0.2) is 0 Å². The first kappa shape index (κ1) is 29.5. The number of nitrogens with zero attached hydrogens (tertiary/aromatic N) is 1. The Morgan fingerprint density at radius 1 is 0.718 bits per heavy atom. The normalized spacial score (nSPS) is 14.2. The van der Waals surface area contributed by atoms with E-state index in [1.807, 2.05) is 0 Å². The fourth-order valence-electron chi connectivity index (χ4n) is 6.20. The molecule has 0 heterocycles. The molecule has 4 heteroatoms. The van der Waals surface area contributed by atoms with Gasteiger partial charge in [0.2, 0.25) is 0 Å². The first-order chi connectivity index (χ1) is 18.3. The van der Waals surface area contributed by atoms with Gasteiger partial charge >= 0.3 is 230 Å². The van der Waals surface area contributed by atoms with Crippen LogP contribution < -0.4 is 29.7 Å².